The highest BCUT2D eigenvalue weighted by Crippen LogP contribution is 2.45. The Bertz CT molecular complexity index is 650. The Balaban J connectivity index is 2.04. The van der Waals surface area contributed by atoms with Crippen molar-refractivity contribution in [3.05, 3.63) is 34.6 Å². The van der Waals surface area contributed by atoms with E-state index < -0.39 is 11.6 Å². The van der Waals surface area contributed by atoms with E-state index in [1.54, 1.807) is 24.3 Å². The van der Waals surface area contributed by atoms with Gasteiger partial charge in [-0.15, -0.1) is 0 Å². The van der Waals surface area contributed by atoms with Gasteiger partial charge in [0.2, 0.25) is 11.7 Å². The third-order valence-corrected chi connectivity index (χ3v) is 4.34. The van der Waals surface area contributed by atoms with Crippen molar-refractivity contribution in [3.63, 3.8) is 0 Å². The van der Waals surface area contributed by atoms with E-state index in [1.807, 2.05) is 0 Å². The van der Waals surface area contributed by atoms with Crippen LogP contribution in [0.3, 0.4) is 0 Å². The van der Waals surface area contributed by atoms with Gasteiger partial charge in [-0.2, -0.15) is 18.2 Å². The first-order valence-corrected chi connectivity index (χ1v) is 7.10. The maximum atomic E-state index is 13.4. The van der Waals surface area contributed by atoms with Crippen LogP contribution in [0.2, 0.25) is 0 Å². The fourth-order valence-electron chi connectivity index (χ4n) is 2.41. The van der Waals surface area contributed by atoms with Crippen LogP contribution < -0.4 is 5.32 Å². The second kappa shape index (κ2) is 5.10. The number of aromatic nitrogens is 2. The molecule has 1 atom stereocenters. The minimum absolute atomic E-state index is 0.103. The lowest BCUT2D eigenvalue weighted by Gasteiger charge is -2.26. The van der Waals surface area contributed by atoms with Crippen molar-refractivity contribution < 1.29 is 17.7 Å². The van der Waals surface area contributed by atoms with Gasteiger partial charge in [0.05, 0.1) is 0 Å². The van der Waals surface area contributed by atoms with E-state index in [0.717, 1.165) is 0 Å². The van der Waals surface area contributed by atoms with Crippen LogP contribution in [0.1, 0.15) is 12.3 Å². The van der Waals surface area contributed by atoms with Crippen LogP contribution in [0.4, 0.5) is 13.2 Å². The summed E-state index contributed by atoms with van der Waals surface area (Å²) in [6.45, 7) is 0.0281. The van der Waals surface area contributed by atoms with Crippen molar-refractivity contribution in [2.75, 3.05) is 13.1 Å². The first kappa shape index (κ1) is 14.5. The minimum Gasteiger partial charge on any atom is -0.338 e. The van der Waals surface area contributed by atoms with Crippen molar-refractivity contribution in [1.82, 2.24) is 15.5 Å². The molecule has 0 spiro atoms. The van der Waals surface area contributed by atoms with Gasteiger partial charge in [0.25, 0.3) is 0 Å². The molecule has 1 fully saturated rings. The Morgan fingerprint density at radius 1 is 1.29 bits per heavy atom. The molecule has 112 valence electrons. The highest BCUT2D eigenvalue weighted by molar-refractivity contribution is 9.10. The van der Waals surface area contributed by atoms with Crippen LogP contribution >= 0.6 is 15.9 Å². The molecule has 1 N–H and O–H groups in total. The Labute approximate surface area is 126 Å². The van der Waals surface area contributed by atoms with E-state index >= 15 is 0 Å². The topological polar surface area (TPSA) is 51.0 Å². The molecule has 0 bridgehead atoms. The van der Waals surface area contributed by atoms with Gasteiger partial charge in [0.1, 0.15) is 0 Å². The smallest absolute Gasteiger partial charge is 0.338 e. The molecule has 1 unspecified atom stereocenters. The normalized spacial score (nSPS) is 22.7. The summed E-state index contributed by atoms with van der Waals surface area (Å²) in [5, 5.41) is 6.43. The fourth-order valence-corrected chi connectivity index (χ4v) is 2.87. The number of rotatable bonds is 2. The number of alkyl halides is 3. The van der Waals surface area contributed by atoms with Crippen LogP contribution in [-0.4, -0.2) is 29.4 Å². The second-order valence-corrected chi connectivity index (χ2v) is 5.76. The average Bonchev–Trinajstić information content (AvgIpc) is 3.08. The first-order valence-electron chi connectivity index (χ1n) is 6.31. The lowest BCUT2D eigenvalue weighted by atomic mass is 9.86. The standard InChI is InChI=1S/C13H11BrF3N3O/c14-9-4-2-1-3-8(9)10-19-11(21-20-10)12(13(15,16)17)5-6-18-7-12/h1-4,18H,5-7H2. The van der Waals surface area contributed by atoms with Gasteiger partial charge in [-0.1, -0.05) is 33.2 Å². The highest BCUT2D eigenvalue weighted by atomic mass is 79.9. The summed E-state index contributed by atoms with van der Waals surface area (Å²) in [5.41, 5.74) is -1.50. The minimum atomic E-state index is -4.44. The summed E-state index contributed by atoms with van der Waals surface area (Å²) in [7, 11) is 0. The molecule has 2 heterocycles. The second-order valence-electron chi connectivity index (χ2n) is 4.91. The van der Waals surface area contributed by atoms with Crippen LogP contribution in [-0.2, 0) is 5.41 Å². The number of hydrogen-bond acceptors (Lipinski definition) is 4. The summed E-state index contributed by atoms with van der Waals surface area (Å²) in [5.74, 6) is -0.237. The average molecular weight is 362 g/mol. The summed E-state index contributed by atoms with van der Waals surface area (Å²) in [6.07, 6.45) is -4.54. The molecule has 1 saturated heterocycles. The van der Waals surface area contributed by atoms with Gasteiger partial charge < -0.3 is 9.84 Å². The number of halogens is 4. The molecule has 0 amide bonds. The van der Waals surface area contributed by atoms with Crippen LogP contribution in [0.5, 0.6) is 0 Å². The SMILES string of the molecule is FC(F)(F)C1(c2nc(-c3ccccc3Br)no2)CCNC1. The molecule has 21 heavy (non-hydrogen) atoms. The molecule has 4 nitrogen and oxygen atoms in total. The molecule has 1 aliphatic rings. The quantitative estimate of drug-likeness (QED) is 0.891. The van der Waals surface area contributed by atoms with Gasteiger partial charge in [-0.25, -0.2) is 0 Å². The van der Waals surface area contributed by atoms with Crippen molar-refractivity contribution >= 4 is 15.9 Å². The van der Waals surface area contributed by atoms with E-state index in [0.29, 0.717) is 10.0 Å². The van der Waals surface area contributed by atoms with Gasteiger partial charge in [0.15, 0.2) is 5.41 Å². The summed E-state index contributed by atoms with van der Waals surface area (Å²) >= 11 is 3.32. The molecule has 8 heteroatoms. The van der Waals surface area contributed by atoms with Crippen molar-refractivity contribution in [3.8, 4) is 11.4 Å². The van der Waals surface area contributed by atoms with Crippen LogP contribution in [0.25, 0.3) is 11.4 Å². The number of hydrogen-bond donors (Lipinski definition) is 1. The van der Waals surface area contributed by atoms with E-state index in [2.05, 4.69) is 31.4 Å². The van der Waals surface area contributed by atoms with Crippen LogP contribution in [0.15, 0.2) is 33.3 Å². The third kappa shape index (κ3) is 2.36. The van der Waals surface area contributed by atoms with Gasteiger partial charge in [-0.3, -0.25) is 0 Å². The molecular weight excluding hydrogens is 351 g/mol. The van der Waals surface area contributed by atoms with Crippen molar-refractivity contribution in [2.45, 2.75) is 18.0 Å². The maximum absolute atomic E-state index is 13.4. The number of benzene rings is 1. The molecule has 2 aromatic rings. The Hall–Kier alpha value is -1.41. The Morgan fingerprint density at radius 3 is 2.67 bits per heavy atom. The fraction of sp³-hybridized carbons (Fsp3) is 0.385. The van der Waals surface area contributed by atoms with Gasteiger partial charge >= 0.3 is 6.18 Å². The molecule has 0 radical (unpaired) electrons. The molecular formula is C13H11BrF3N3O. The monoisotopic (exact) mass is 361 g/mol. The largest absolute Gasteiger partial charge is 0.404 e. The van der Waals surface area contributed by atoms with E-state index in [4.69, 9.17) is 4.52 Å². The number of nitrogens with zero attached hydrogens (tertiary/aromatic N) is 2. The Morgan fingerprint density at radius 2 is 2.05 bits per heavy atom. The predicted molar refractivity (Wildman–Crippen MR) is 72.7 cm³/mol. The van der Waals surface area contributed by atoms with E-state index in [9.17, 15) is 13.2 Å². The highest BCUT2D eigenvalue weighted by Gasteiger charge is 2.61. The lowest BCUT2D eigenvalue weighted by molar-refractivity contribution is -0.191. The zero-order chi connectivity index (χ0) is 15.1. The molecule has 0 aliphatic carbocycles. The van der Waals surface area contributed by atoms with Gasteiger partial charge in [-0.05, 0) is 25.1 Å². The summed E-state index contributed by atoms with van der Waals surface area (Å²) in [6, 6.07) is 7.04. The summed E-state index contributed by atoms with van der Waals surface area (Å²) in [4.78, 5) is 3.99. The summed E-state index contributed by atoms with van der Waals surface area (Å²) < 4.78 is 45.9. The third-order valence-electron chi connectivity index (χ3n) is 3.65. The molecule has 1 aliphatic heterocycles. The van der Waals surface area contributed by atoms with Gasteiger partial charge in [0, 0.05) is 16.6 Å². The lowest BCUT2D eigenvalue weighted by Crippen LogP contribution is -2.44. The zero-order valence-electron chi connectivity index (χ0n) is 10.7. The predicted octanol–water partition coefficient (Wildman–Crippen LogP) is 3.29. The molecule has 1 aromatic carbocycles. The Kier molecular flexibility index (Phi) is 3.53. The van der Waals surface area contributed by atoms with Crippen LogP contribution in [0, 0.1) is 0 Å². The molecule has 1 aromatic heterocycles. The van der Waals surface area contributed by atoms with E-state index in [-0.39, 0.29) is 31.2 Å². The van der Waals surface area contributed by atoms with E-state index in [1.165, 1.54) is 0 Å². The first-order chi connectivity index (χ1) is 9.94. The van der Waals surface area contributed by atoms with Crippen molar-refractivity contribution in [2.24, 2.45) is 0 Å². The maximum Gasteiger partial charge on any atom is 0.404 e. The number of nitrogens with one attached hydrogen (secondary N) is 1. The van der Waals surface area contributed by atoms with Crippen molar-refractivity contribution in [1.29, 1.82) is 0 Å². The molecule has 3 rings (SSSR count). The zero-order valence-corrected chi connectivity index (χ0v) is 12.3. The molecule has 0 saturated carbocycles.